The van der Waals surface area contributed by atoms with Crippen molar-refractivity contribution in [1.82, 2.24) is 5.16 Å². The molecule has 0 aliphatic rings. The number of amides is 1. The van der Waals surface area contributed by atoms with Crippen LogP contribution >= 0.6 is 11.8 Å². The number of aromatic nitrogens is 1. The van der Waals surface area contributed by atoms with Crippen LogP contribution in [-0.4, -0.2) is 17.3 Å². The third kappa shape index (κ3) is 3.97. The molecule has 24 heavy (non-hydrogen) atoms. The zero-order chi connectivity index (χ0) is 16.8. The highest BCUT2D eigenvalue weighted by Gasteiger charge is 2.15. The molecule has 1 heterocycles. The lowest BCUT2D eigenvalue weighted by molar-refractivity contribution is 0.0987. The van der Waals surface area contributed by atoms with Crippen LogP contribution < -0.4 is 10.1 Å². The average Bonchev–Trinajstić information content (AvgIpc) is 3.10. The Labute approximate surface area is 144 Å². The molecule has 0 aliphatic carbocycles. The topological polar surface area (TPSA) is 64.4 Å². The molecule has 3 rings (SSSR count). The number of para-hydroxylation sites is 1. The van der Waals surface area contributed by atoms with Crippen LogP contribution in [0.25, 0.3) is 0 Å². The van der Waals surface area contributed by atoms with Crippen LogP contribution in [0.15, 0.2) is 70.1 Å². The molecule has 6 heteroatoms. The van der Waals surface area contributed by atoms with Gasteiger partial charge in [0.15, 0.2) is 0 Å². The van der Waals surface area contributed by atoms with Crippen molar-refractivity contribution in [1.29, 1.82) is 0 Å². The van der Waals surface area contributed by atoms with E-state index in [-0.39, 0.29) is 17.5 Å². The van der Waals surface area contributed by atoms with E-state index in [1.807, 2.05) is 60.9 Å². The summed E-state index contributed by atoms with van der Waals surface area (Å²) in [6.45, 7) is 0.365. The number of rotatable bonds is 6. The number of anilines is 1. The van der Waals surface area contributed by atoms with E-state index in [1.54, 1.807) is 11.8 Å². The van der Waals surface area contributed by atoms with Gasteiger partial charge in [-0.15, -0.1) is 11.8 Å². The third-order valence-corrected chi connectivity index (χ3v) is 4.09. The summed E-state index contributed by atoms with van der Waals surface area (Å²) in [5, 5.41) is 6.59. The summed E-state index contributed by atoms with van der Waals surface area (Å²) in [6.07, 6.45) is 1.95. The first-order valence-electron chi connectivity index (χ1n) is 7.34. The maximum Gasteiger partial charge on any atom is 0.294 e. The van der Waals surface area contributed by atoms with E-state index in [9.17, 15) is 4.79 Å². The lowest BCUT2D eigenvalue weighted by Gasteiger charge is -2.07. The van der Waals surface area contributed by atoms with Gasteiger partial charge in [0.05, 0.1) is 11.8 Å². The fourth-order valence-electron chi connectivity index (χ4n) is 2.10. The van der Waals surface area contributed by atoms with Crippen LogP contribution in [-0.2, 0) is 6.61 Å². The summed E-state index contributed by atoms with van der Waals surface area (Å²) < 4.78 is 10.6. The van der Waals surface area contributed by atoms with Gasteiger partial charge in [-0.05, 0) is 29.1 Å². The molecule has 3 aromatic rings. The van der Waals surface area contributed by atoms with Gasteiger partial charge in [-0.25, -0.2) is 0 Å². The Morgan fingerprint density at radius 3 is 2.71 bits per heavy atom. The summed E-state index contributed by atoms with van der Waals surface area (Å²) in [6, 6.07) is 18.8. The monoisotopic (exact) mass is 340 g/mol. The summed E-state index contributed by atoms with van der Waals surface area (Å²) >= 11 is 1.56. The molecule has 1 aromatic heterocycles. The standard InChI is InChI=1S/C18H16N2O3S/c1-24-16-10-6-5-9-14(16)19-18(21)15-11-17(20-23-15)22-12-13-7-3-2-4-8-13/h2-11H,12H2,1H3,(H,19,21). The van der Waals surface area contributed by atoms with Crippen molar-refractivity contribution in [2.45, 2.75) is 11.5 Å². The maximum absolute atomic E-state index is 12.3. The van der Waals surface area contributed by atoms with E-state index in [4.69, 9.17) is 9.26 Å². The van der Waals surface area contributed by atoms with Gasteiger partial charge in [-0.2, -0.15) is 0 Å². The highest BCUT2D eigenvalue weighted by molar-refractivity contribution is 7.98. The molecular weight excluding hydrogens is 324 g/mol. The molecule has 0 bridgehead atoms. The third-order valence-electron chi connectivity index (χ3n) is 3.30. The fourth-order valence-corrected chi connectivity index (χ4v) is 2.65. The Morgan fingerprint density at radius 2 is 1.92 bits per heavy atom. The van der Waals surface area contributed by atoms with Crippen molar-refractivity contribution in [3.63, 3.8) is 0 Å². The van der Waals surface area contributed by atoms with Gasteiger partial charge < -0.3 is 14.6 Å². The molecule has 2 aromatic carbocycles. The van der Waals surface area contributed by atoms with E-state index < -0.39 is 0 Å². The van der Waals surface area contributed by atoms with Crippen molar-refractivity contribution in [2.75, 3.05) is 11.6 Å². The van der Waals surface area contributed by atoms with Gasteiger partial charge in [0.25, 0.3) is 11.8 Å². The number of nitrogens with one attached hydrogen (secondary N) is 1. The van der Waals surface area contributed by atoms with E-state index in [2.05, 4.69) is 10.5 Å². The van der Waals surface area contributed by atoms with Crippen molar-refractivity contribution in [3.8, 4) is 5.88 Å². The van der Waals surface area contributed by atoms with Crippen molar-refractivity contribution in [3.05, 3.63) is 72.0 Å². The Morgan fingerprint density at radius 1 is 1.17 bits per heavy atom. The summed E-state index contributed by atoms with van der Waals surface area (Å²) in [5.41, 5.74) is 1.75. The van der Waals surface area contributed by atoms with Crippen molar-refractivity contribution in [2.24, 2.45) is 0 Å². The van der Waals surface area contributed by atoms with Gasteiger partial charge in [0.2, 0.25) is 5.76 Å². The van der Waals surface area contributed by atoms with Crippen LogP contribution in [0.1, 0.15) is 16.1 Å². The van der Waals surface area contributed by atoms with E-state index in [1.165, 1.54) is 6.07 Å². The molecule has 5 nitrogen and oxygen atoms in total. The molecule has 0 aliphatic heterocycles. The second kappa shape index (κ2) is 7.70. The van der Waals surface area contributed by atoms with E-state index in [0.29, 0.717) is 6.61 Å². The molecular formula is C18H16N2O3S. The molecule has 1 N–H and O–H groups in total. The lowest BCUT2D eigenvalue weighted by Crippen LogP contribution is -2.11. The first-order valence-corrected chi connectivity index (χ1v) is 8.56. The highest BCUT2D eigenvalue weighted by Crippen LogP contribution is 2.25. The van der Waals surface area contributed by atoms with Crippen molar-refractivity contribution < 1.29 is 14.1 Å². The molecule has 0 spiro atoms. The number of carbonyl (C=O) groups is 1. The van der Waals surface area contributed by atoms with Gasteiger partial charge in [-0.1, -0.05) is 42.5 Å². The van der Waals surface area contributed by atoms with Crippen molar-refractivity contribution >= 4 is 23.4 Å². The first-order chi connectivity index (χ1) is 11.8. The fraction of sp³-hybridized carbons (Fsp3) is 0.111. The van der Waals surface area contributed by atoms with Gasteiger partial charge in [-0.3, -0.25) is 4.79 Å². The molecule has 0 atom stereocenters. The number of hydrogen-bond acceptors (Lipinski definition) is 5. The quantitative estimate of drug-likeness (QED) is 0.680. The predicted octanol–water partition coefficient (Wildman–Crippen LogP) is 4.23. The summed E-state index contributed by atoms with van der Waals surface area (Å²) in [7, 11) is 0. The average molecular weight is 340 g/mol. The summed E-state index contributed by atoms with van der Waals surface area (Å²) in [4.78, 5) is 13.2. The predicted molar refractivity (Wildman–Crippen MR) is 93.5 cm³/mol. The zero-order valence-corrected chi connectivity index (χ0v) is 13.9. The maximum atomic E-state index is 12.3. The van der Waals surface area contributed by atoms with E-state index >= 15 is 0 Å². The lowest BCUT2D eigenvalue weighted by atomic mass is 10.2. The number of hydrogen-bond donors (Lipinski definition) is 1. The van der Waals surface area contributed by atoms with Crippen LogP contribution in [0.5, 0.6) is 5.88 Å². The van der Waals surface area contributed by atoms with Crippen LogP contribution in [0, 0.1) is 0 Å². The minimum absolute atomic E-state index is 0.106. The molecule has 1 amide bonds. The Balaban J connectivity index is 1.63. The number of ether oxygens (including phenoxy) is 1. The SMILES string of the molecule is CSc1ccccc1NC(=O)c1cc(OCc2ccccc2)no1. The molecule has 122 valence electrons. The Kier molecular flexibility index (Phi) is 5.18. The van der Waals surface area contributed by atoms with Crippen LogP contribution in [0.2, 0.25) is 0 Å². The molecule has 0 saturated heterocycles. The number of nitrogens with zero attached hydrogens (tertiary/aromatic N) is 1. The van der Waals surface area contributed by atoms with Crippen LogP contribution in [0.4, 0.5) is 5.69 Å². The minimum Gasteiger partial charge on any atom is -0.471 e. The van der Waals surface area contributed by atoms with Gasteiger partial charge >= 0.3 is 0 Å². The number of benzene rings is 2. The normalized spacial score (nSPS) is 10.4. The number of thioether (sulfide) groups is 1. The highest BCUT2D eigenvalue weighted by atomic mass is 32.2. The Hall–Kier alpha value is -2.73. The van der Waals surface area contributed by atoms with Crippen LogP contribution in [0.3, 0.4) is 0 Å². The largest absolute Gasteiger partial charge is 0.471 e. The smallest absolute Gasteiger partial charge is 0.294 e. The molecule has 0 saturated carbocycles. The molecule has 0 fully saturated rings. The second-order valence-electron chi connectivity index (χ2n) is 4.96. The number of carbonyl (C=O) groups excluding carboxylic acids is 1. The summed E-state index contributed by atoms with van der Waals surface area (Å²) in [5.74, 6) is 0.0229. The van der Waals surface area contributed by atoms with E-state index in [0.717, 1.165) is 16.1 Å². The minimum atomic E-state index is -0.362. The molecule has 0 radical (unpaired) electrons. The molecule has 0 unspecified atom stereocenters. The van der Waals surface area contributed by atoms with Gasteiger partial charge in [0, 0.05) is 4.90 Å². The Bertz CT molecular complexity index is 818. The van der Waals surface area contributed by atoms with Gasteiger partial charge in [0.1, 0.15) is 6.61 Å². The zero-order valence-electron chi connectivity index (χ0n) is 13.1. The first kappa shape index (κ1) is 16.1. The second-order valence-corrected chi connectivity index (χ2v) is 5.81.